The Kier molecular flexibility index (Phi) is 7.05. The van der Waals surface area contributed by atoms with Gasteiger partial charge in [0.1, 0.15) is 0 Å². The van der Waals surface area contributed by atoms with Gasteiger partial charge in [0.25, 0.3) is 0 Å². The molecule has 0 saturated heterocycles. The number of carbonyl (C=O) groups is 2. The lowest BCUT2D eigenvalue weighted by atomic mass is 10.1. The van der Waals surface area contributed by atoms with Gasteiger partial charge in [-0.15, -0.1) is 0 Å². The molecule has 12 heteroatoms. The summed E-state index contributed by atoms with van der Waals surface area (Å²) < 4.78 is 0. The Labute approximate surface area is 154 Å². The Bertz CT molecular complexity index is 764. The van der Waals surface area contributed by atoms with Crippen molar-refractivity contribution in [2.75, 3.05) is 31.5 Å². The SMILES string of the molecule is NCCNC1=NC(Nc2cc(C(=O)O)ccc2C(=O)O)=NC(NCCN)N1. The molecule has 2 rings (SSSR count). The van der Waals surface area contributed by atoms with Crippen LogP contribution in [0.4, 0.5) is 5.69 Å². The Morgan fingerprint density at radius 3 is 2.52 bits per heavy atom. The van der Waals surface area contributed by atoms with Crippen LogP contribution in [-0.2, 0) is 0 Å². The number of carboxylic acid groups (broad SMARTS) is 2. The molecule has 0 saturated carbocycles. The van der Waals surface area contributed by atoms with E-state index in [1.807, 2.05) is 0 Å². The highest BCUT2D eigenvalue weighted by atomic mass is 16.4. The van der Waals surface area contributed by atoms with Gasteiger partial charge in [0.2, 0.25) is 11.9 Å². The van der Waals surface area contributed by atoms with Crippen LogP contribution in [0, 0.1) is 0 Å². The van der Waals surface area contributed by atoms with Crippen LogP contribution in [0.25, 0.3) is 0 Å². The van der Waals surface area contributed by atoms with Gasteiger partial charge in [-0.3, -0.25) is 5.32 Å². The average Bonchev–Trinajstić information content (AvgIpc) is 2.64. The molecule has 1 heterocycles. The molecular weight excluding hydrogens is 356 g/mol. The van der Waals surface area contributed by atoms with E-state index in [0.29, 0.717) is 32.1 Å². The van der Waals surface area contributed by atoms with Crippen LogP contribution in [0.2, 0.25) is 0 Å². The highest BCUT2D eigenvalue weighted by Gasteiger charge is 2.19. The summed E-state index contributed by atoms with van der Waals surface area (Å²) in [5.74, 6) is -1.93. The van der Waals surface area contributed by atoms with Crippen molar-refractivity contribution in [1.29, 1.82) is 0 Å². The van der Waals surface area contributed by atoms with E-state index in [2.05, 4.69) is 31.3 Å². The van der Waals surface area contributed by atoms with Crippen molar-refractivity contribution in [3.8, 4) is 0 Å². The molecule has 12 nitrogen and oxygen atoms in total. The second-order valence-electron chi connectivity index (χ2n) is 5.41. The summed E-state index contributed by atoms with van der Waals surface area (Å²) in [6.45, 7) is 1.71. The van der Waals surface area contributed by atoms with Crippen molar-refractivity contribution in [3.05, 3.63) is 29.3 Å². The smallest absolute Gasteiger partial charge is 0.337 e. The normalized spacial score (nSPS) is 16.0. The summed E-state index contributed by atoms with van der Waals surface area (Å²) in [5.41, 5.74) is 10.8. The summed E-state index contributed by atoms with van der Waals surface area (Å²) in [7, 11) is 0. The fraction of sp³-hybridized carbons (Fsp3) is 0.333. The number of hydrogen-bond acceptors (Lipinski definition) is 10. The zero-order chi connectivity index (χ0) is 19.8. The quantitative estimate of drug-likeness (QED) is 0.255. The van der Waals surface area contributed by atoms with Crippen molar-refractivity contribution in [1.82, 2.24) is 16.0 Å². The molecule has 0 fully saturated rings. The minimum Gasteiger partial charge on any atom is -0.478 e. The lowest BCUT2D eigenvalue weighted by Crippen LogP contribution is -2.54. The van der Waals surface area contributed by atoms with E-state index >= 15 is 0 Å². The first-order valence-electron chi connectivity index (χ1n) is 8.12. The van der Waals surface area contributed by atoms with Crippen LogP contribution in [-0.4, -0.2) is 66.5 Å². The van der Waals surface area contributed by atoms with Gasteiger partial charge in [0.05, 0.1) is 16.8 Å². The Morgan fingerprint density at radius 2 is 1.89 bits per heavy atom. The van der Waals surface area contributed by atoms with Gasteiger partial charge >= 0.3 is 11.9 Å². The van der Waals surface area contributed by atoms with Crippen molar-refractivity contribution in [2.45, 2.75) is 6.29 Å². The molecule has 1 unspecified atom stereocenters. The number of nitrogens with two attached hydrogens (primary N) is 2. The highest BCUT2D eigenvalue weighted by molar-refractivity contribution is 6.07. The minimum atomic E-state index is -1.22. The molecule has 0 aromatic heterocycles. The average molecular weight is 378 g/mol. The zero-order valence-electron chi connectivity index (χ0n) is 14.4. The summed E-state index contributed by atoms with van der Waals surface area (Å²) in [6.07, 6.45) is -0.565. The first-order valence-corrected chi connectivity index (χ1v) is 8.12. The van der Waals surface area contributed by atoms with E-state index in [0.717, 1.165) is 0 Å². The fourth-order valence-corrected chi connectivity index (χ4v) is 2.20. The minimum absolute atomic E-state index is 0.0579. The molecule has 10 N–H and O–H groups in total. The number of hydrogen-bond donors (Lipinski definition) is 8. The van der Waals surface area contributed by atoms with Crippen molar-refractivity contribution in [3.63, 3.8) is 0 Å². The predicted octanol–water partition coefficient (Wildman–Crippen LogP) is -1.81. The third kappa shape index (κ3) is 5.64. The van der Waals surface area contributed by atoms with Crippen LogP contribution in [0.15, 0.2) is 28.2 Å². The number of nitrogens with zero attached hydrogens (tertiary/aromatic N) is 2. The predicted molar refractivity (Wildman–Crippen MR) is 99.9 cm³/mol. The zero-order valence-corrected chi connectivity index (χ0v) is 14.4. The van der Waals surface area contributed by atoms with Gasteiger partial charge in [-0.25, -0.2) is 14.6 Å². The van der Waals surface area contributed by atoms with Gasteiger partial charge in [-0.1, -0.05) is 0 Å². The Morgan fingerprint density at radius 1 is 1.15 bits per heavy atom. The first-order chi connectivity index (χ1) is 12.9. The number of guanidine groups is 2. The molecule has 1 atom stereocenters. The maximum atomic E-state index is 11.4. The fourth-order valence-electron chi connectivity index (χ4n) is 2.20. The summed E-state index contributed by atoms with van der Waals surface area (Å²) in [5, 5.41) is 30.2. The molecule has 0 bridgehead atoms. The number of nitrogens with one attached hydrogen (secondary N) is 4. The summed E-state index contributed by atoms with van der Waals surface area (Å²) >= 11 is 0. The standard InChI is InChI=1S/C15H22N8O4/c16-3-5-18-13-21-14(19-6-4-17)23-15(22-13)20-10-7-8(11(24)25)1-2-9(10)12(26)27/h1-2,7,13,18H,3-6,16-17H2,(H,24,25)(H,26,27)(H3,19,20,21,22,23). The van der Waals surface area contributed by atoms with Crippen molar-refractivity contribution in [2.24, 2.45) is 21.5 Å². The molecule has 0 radical (unpaired) electrons. The maximum Gasteiger partial charge on any atom is 0.337 e. The van der Waals surface area contributed by atoms with Gasteiger partial charge in [0.15, 0.2) is 6.29 Å². The van der Waals surface area contributed by atoms with Gasteiger partial charge in [0, 0.05) is 26.2 Å². The van der Waals surface area contributed by atoms with Crippen LogP contribution < -0.4 is 32.7 Å². The molecule has 146 valence electrons. The number of benzene rings is 1. The largest absolute Gasteiger partial charge is 0.478 e. The van der Waals surface area contributed by atoms with E-state index in [9.17, 15) is 14.7 Å². The summed E-state index contributed by atoms with van der Waals surface area (Å²) in [6, 6.07) is 3.63. The second-order valence-corrected chi connectivity index (χ2v) is 5.41. The number of anilines is 1. The monoisotopic (exact) mass is 378 g/mol. The van der Waals surface area contributed by atoms with E-state index in [4.69, 9.17) is 16.6 Å². The van der Waals surface area contributed by atoms with Gasteiger partial charge in [-0.05, 0) is 18.2 Å². The van der Waals surface area contributed by atoms with Crippen LogP contribution in [0.3, 0.4) is 0 Å². The molecule has 1 aromatic rings. The van der Waals surface area contributed by atoms with Crippen molar-refractivity contribution < 1.29 is 19.8 Å². The van der Waals surface area contributed by atoms with Gasteiger partial charge in [-0.2, -0.15) is 4.99 Å². The third-order valence-electron chi connectivity index (χ3n) is 3.40. The number of aliphatic imine (C=N–C) groups is 2. The molecule has 0 aliphatic carbocycles. The lowest BCUT2D eigenvalue weighted by molar-refractivity contribution is 0.0682. The Balaban J connectivity index is 2.32. The number of rotatable bonds is 8. The molecular formula is C15H22N8O4. The topological polar surface area (TPSA) is 199 Å². The van der Waals surface area contributed by atoms with E-state index in [1.54, 1.807) is 0 Å². The number of aromatic carboxylic acids is 2. The second kappa shape index (κ2) is 9.47. The Hall–Kier alpha value is -3.22. The molecule has 1 aliphatic rings. The molecule has 1 aromatic carbocycles. The third-order valence-corrected chi connectivity index (χ3v) is 3.40. The van der Waals surface area contributed by atoms with Crippen LogP contribution in [0.5, 0.6) is 0 Å². The van der Waals surface area contributed by atoms with E-state index in [-0.39, 0.29) is 22.8 Å². The number of carboxylic acids is 2. The molecule has 1 aliphatic heterocycles. The van der Waals surface area contributed by atoms with Crippen LogP contribution in [0.1, 0.15) is 20.7 Å². The lowest BCUT2D eigenvalue weighted by Gasteiger charge is -2.24. The van der Waals surface area contributed by atoms with E-state index in [1.165, 1.54) is 18.2 Å². The maximum absolute atomic E-state index is 11.4. The molecule has 0 amide bonds. The summed E-state index contributed by atoms with van der Waals surface area (Å²) in [4.78, 5) is 31.1. The highest BCUT2D eigenvalue weighted by Crippen LogP contribution is 2.19. The van der Waals surface area contributed by atoms with Crippen molar-refractivity contribution >= 4 is 29.5 Å². The molecule has 27 heavy (non-hydrogen) atoms. The van der Waals surface area contributed by atoms with Crippen LogP contribution >= 0.6 is 0 Å². The first kappa shape index (κ1) is 20.1. The van der Waals surface area contributed by atoms with E-state index < -0.39 is 18.2 Å². The molecule has 0 spiro atoms. The van der Waals surface area contributed by atoms with Gasteiger partial charge < -0.3 is 37.6 Å².